The van der Waals surface area contributed by atoms with Crippen molar-refractivity contribution in [2.75, 3.05) is 24.6 Å². The Bertz CT molecular complexity index is 444. The number of hydrogen-bond acceptors (Lipinski definition) is 3. The van der Waals surface area contributed by atoms with E-state index in [1.807, 2.05) is 43.0 Å². The van der Waals surface area contributed by atoms with Gasteiger partial charge in [0.15, 0.2) is 0 Å². The Morgan fingerprint density at radius 2 is 2.10 bits per heavy atom. The first-order valence-corrected chi connectivity index (χ1v) is 7.31. The van der Waals surface area contributed by atoms with Crippen LogP contribution >= 0.6 is 0 Å². The molecule has 1 fully saturated rings. The number of carbonyl (C=O) groups excluding carboxylic acids is 1. The molecule has 0 spiro atoms. The summed E-state index contributed by atoms with van der Waals surface area (Å²) in [6.07, 6.45) is 1.80. The molecule has 1 aromatic carbocycles. The molecule has 1 aliphatic heterocycles. The number of ether oxygens (including phenoxy) is 1. The number of benzene rings is 1. The Kier molecular flexibility index (Phi) is 5.15. The third-order valence-electron chi connectivity index (χ3n) is 3.75. The average molecular weight is 276 g/mol. The van der Waals surface area contributed by atoms with Gasteiger partial charge < -0.3 is 15.4 Å². The van der Waals surface area contributed by atoms with E-state index < -0.39 is 0 Å². The number of rotatable bonds is 5. The lowest BCUT2D eigenvalue weighted by atomic mass is 10.0. The Balaban J connectivity index is 2.14. The van der Waals surface area contributed by atoms with E-state index in [0.717, 1.165) is 18.5 Å². The standard InChI is InChI=1S/C16H24N2O2/c1-12-4-6-15(7-5-12)18(9-3-8-17)16(19)14-10-13(2)20-11-14/h4-7,13-14H,3,8-11,17H2,1-2H3. The van der Waals surface area contributed by atoms with Crippen LogP contribution in [0.3, 0.4) is 0 Å². The zero-order valence-corrected chi connectivity index (χ0v) is 12.3. The molecule has 0 bridgehead atoms. The van der Waals surface area contributed by atoms with Gasteiger partial charge in [0.1, 0.15) is 0 Å². The summed E-state index contributed by atoms with van der Waals surface area (Å²) < 4.78 is 5.52. The Hall–Kier alpha value is -1.39. The van der Waals surface area contributed by atoms with E-state index in [0.29, 0.717) is 19.7 Å². The molecule has 2 unspecified atom stereocenters. The maximum Gasteiger partial charge on any atom is 0.232 e. The summed E-state index contributed by atoms with van der Waals surface area (Å²) in [5, 5.41) is 0. The summed E-state index contributed by atoms with van der Waals surface area (Å²) in [5.74, 6) is 0.135. The lowest BCUT2D eigenvalue weighted by molar-refractivity contribution is -0.122. The van der Waals surface area contributed by atoms with Crippen LogP contribution in [-0.2, 0) is 9.53 Å². The fraction of sp³-hybridized carbons (Fsp3) is 0.562. The number of hydrogen-bond donors (Lipinski definition) is 1. The van der Waals surface area contributed by atoms with E-state index in [1.54, 1.807) is 0 Å². The van der Waals surface area contributed by atoms with Crippen LogP contribution in [-0.4, -0.2) is 31.7 Å². The molecule has 1 aromatic rings. The van der Waals surface area contributed by atoms with Crippen molar-refractivity contribution in [3.05, 3.63) is 29.8 Å². The van der Waals surface area contributed by atoms with E-state index in [4.69, 9.17) is 10.5 Å². The zero-order valence-electron chi connectivity index (χ0n) is 12.3. The summed E-state index contributed by atoms with van der Waals surface area (Å²) in [5.41, 5.74) is 7.74. The second kappa shape index (κ2) is 6.86. The van der Waals surface area contributed by atoms with Crippen molar-refractivity contribution in [1.82, 2.24) is 0 Å². The highest BCUT2D eigenvalue weighted by molar-refractivity contribution is 5.95. The van der Waals surface area contributed by atoms with Gasteiger partial charge >= 0.3 is 0 Å². The van der Waals surface area contributed by atoms with E-state index in [-0.39, 0.29) is 17.9 Å². The SMILES string of the molecule is Cc1ccc(N(CCCN)C(=O)C2COC(C)C2)cc1. The quantitative estimate of drug-likeness (QED) is 0.896. The first-order valence-electron chi connectivity index (χ1n) is 7.31. The van der Waals surface area contributed by atoms with Gasteiger partial charge in [-0.3, -0.25) is 4.79 Å². The third-order valence-corrected chi connectivity index (χ3v) is 3.75. The van der Waals surface area contributed by atoms with Crippen LogP contribution < -0.4 is 10.6 Å². The summed E-state index contributed by atoms with van der Waals surface area (Å²) in [6, 6.07) is 8.07. The number of amides is 1. The number of carbonyl (C=O) groups is 1. The molecule has 2 N–H and O–H groups in total. The Morgan fingerprint density at radius 1 is 1.40 bits per heavy atom. The third kappa shape index (κ3) is 3.58. The molecule has 1 heterocycles. The molecule has 0 saturated carbocycles. The Morgan fingerprint density at radius 3 is 2.65 bits per heavy atom. The fourth-order valence-electron chi connectivity index (χ4n) is 2.55. The second-order valence-electron chi connectivity index (χ2n) is 5.54. The molecule has 1 aliphatic rings. The van der Waals surface area contributed by atoms with Gasteiger partial charge in [-0.15, -0.1) is 0 Å². The first-order chi connectivity index (χ1) is 9.61. The molecule has 4 nitrogen and oxygen atoms in total. The predicted molar refractivity (Wildman–Crippen MR) is 80.7 cm³/mol. The minimum absolute atomic E-state index is 0.0240. The number of anilines is 1. The van der Waals surface area contributed by atoms with Crippen molar-refractivity contribution in [3.63, 3.8) is 0 Å². The normalized spacial score (nSPS) is 21.9. The predicted octanol–water partition coefficient (Wildman–Crippen LogP) is 2.10. The van der Waals surface area contributed by atoms with E-state index in [2.05, 4.69) is 0 Å². The summed E-state index contributed by atoms with van der Waals surface area (Å²) >= 11 is 0. The van der Waals surface area contributed by atoms with Gasteiger partial charge in [0, 0.05) is 12.2 Å². The lowest BCUT2D eigenvalue weighted by Gasteiger charge is -2.25. The van der Waals surface area contributed by atoms with Crippen LogP contribution in [0.25, 0.3) is 0 Å². The molecular formula is C16H24N2O2. The number of nitrogens with zero attached hydrogens (tertiary/aromatic N) is 1. The average Bonchev–Trinajstić information content (AvgIpc) is 2.87. The highest BCUT2D eigenvalue weighted by atomic mass is 16.5. The highest BCUT2D eigenvalue weighted by Gasteiger charge is 2.31. The van der Waals surface area contributed by atoms with E-state index >= 15 is 0 Å². The molecule has 0 aromatic heterocycles. The van der Waals surface area contributed by atoms with Gasteiger partial charge in [-0.2, -0.15) is 0 Å². The number of aryl methyl sites for hydroxylation is 1. The molecule has 20 heavy (non-hydrogen) atoms. The lowest BCUT2D eigenvalue weighted by Crippen LogP contribution is -2.38. The van der Waals surface area contributed by atoms with Crippen LogP contribution in [0.5, 0.6) is 0 Å². The molecule has 0 radical (unpaired) electrons. The molecule has 4 heteroatoms. The number of nitrogens with two attached hydrogens (primary N) is 1. The van der Waals surface area contributed by atoms with Gasteiger partial charge in [-0.05, 0) is 45.4 Å². The Labute approximate surface area is 120 Å². The largest absolute Gasteiger partial charge is 0.378 e. The molecule has 2 rings (SSSR count). The maximum atomic E-state index is 12.7. The van der Waals surface area contributed by atoms with Crippen molar-refractivity contribution < 1.29 is 9.53 Å². The van der Waals surface area contributed by atoms with Gasteiger partial charge in [0.2, 0.25) is 5.91 Å². The summed E-state index contributed by atoms with van der Waals surface area (Å²) in [6.45, 7) is 5.85. The van der Waals surface area contributed by atoms with Crippen LogP contribution in [0, 0.1) is 12.8 Å². The molecule has 0 aliphatic carbocycles. The fourth-order valence-corrected chi connectivity index (χ4v) is 2.55. The monoisotopic (exact) mass is 276 g/mol. The van der Waals surface area contributed by atoms with Crippen LogP contribution in [0.2, 0.25) is 0 Å². The van der Waals surface area contributed by atoms with Crippen molar-refractivity contribution in [3.8, 4) is 0 Å². The zero-order chi connectivity index (χ0) is 14.5. The highest BCUT2D eigenvalue weighted by Crippen LogP contribution is 2.25. The van der Waals surface area contributed by atoms with Crippen molar-refractivity contribution in [2.24, 2.45) is 11.7 Å². The van der Waals surface area contributed by atoms with Crippen molar-refractivity contribution in [2.45, 2.75) is 32.8 Å². The van der Waals surface area contributed by atoms with Crippen LogP contribution in [0.4, 0.5) is 5.69 Å². The van der Waals surface area contributed by atoms with E-state index in [9.17, 15) is 4.79 Å². The summed E-state index contributed by atoms with van der Waals surface area (Å²) in [4.78, 5) is 14.5. The molecule has 110 valence electrons. The first kappa shape index (κ1) is 15.0. The minimum atomic E-state index is -0.0240. The van der Waals surface area contributed by atoms with Crippen molar-refractivity contribution >= 4 is 11.6 Å². The summed E-state index contributed by atoms with van der Waals surface area (Å²) in [7, 11) is 0. The minimum Gasteiger partial charge on any atom is -0.378 e. The van der Waals surface area contributed by atoms with Crippen LogP contribution in [0.15, 0.2) is 24.3 Å². The van der Waals surface area contributed by atoms with Gasteiger partial charge in [0.25, 0.3) is 0 Å². The van der Waals surface area contributed by atoms with E-state index in [1.165, 1.54) is 5.56 Å². The van der Waals surface area contributed by atoms with Gasteiger partial charge in [0.05, 0.1) is 18.6 Å². The van der Waals surface area contributed by atoms with Crippen molar-refractivity contribution in [1.29, 1.82) is 0 Å². The smallest absolute Gasteiger partial charge is 0.232 e. The second-order valence-corrected chi connectivity index (χ2v) is 5.54. The molecule has 1 saturated heterocycles. The van der Waals surface area contributed by atoms with Crippen LogP contribution in [0.1, 0.15) is 25.3 Å². The van der Waals surface area contributed by atoms with Gasteiger partial charge in [-0.1, -0.05) is 17.7 Å². The maximum absolute atomic E-state index is 12.7. The molecule has 2 atom stereocenters. The topological polar surface area (TPSA) is 55.6 Å². The van der Waals surface area contributed by atoms with Gasteiger partial charge in [-0.25, -0.2) is 0 Å². The molecular weight excluding hydrogens is 252 g/mol. The molecule has 1 amide bonds.